The van der Waals surface area contributed by atoms with Gasteiger partial charge in [-0.2, -0.15) is 0 Å². The zero-order chi connectivity index (χ0) is 18.1. The van der Waals surface area contributed by atoms with Crippen LogP contribution in [0.25, 0.3) is 0 Å². The van der Waals surface area contributed by atoms with Crippen LogP contribution in [-0.4, -0.2) is 32.5 Å². The van der Waals surface area contributed by atoms with Crippen molar-refractivity contribution in [3.05, 3.63) is 35.4 Å². The van der Waals surface area contributed by atoms with Crippen molar-refractivity contribution in [2.24, 2.45) is 16.8 Å². The predicted octanol–water partition coefficient (Wildman–Crippen LogP) is 3.55. The Hall–Kier alpha value is -1.31. The summed E-state index contributed by atoms with van der Waals surface area (Å²) in [5.74, 6) is 2.51. The Morgan fingerprint density at radius 1 is 1.19 bits per heavy atom. The molecular formula is C20H33IN4O. The largest absolute Gasteiger partial charge is 0.356 e. The van der Waals surface area contributed by atoms with Gasteiger partial charge in [-0.05, 0) is 42.4 Å². The lowest BCUT2D eigenvalue weighted by Gasteiger charge is -2.26. The molecule has 26 heavy (non-hydrogen) atoms. The quantitative estimate of drug-likeness (QED) is 0.337. The molecule has 0 radical (unpaired) electrons. The summed E-state index contributed by atoms with van der Waals surface area (Å²) in [6.45, 7) is 4.02. The number of rotatable bonds is 6. The summed E-state index contributed by atoms with van der Waals surface area (Å²) in [7, 11) is 3.44. The molecule has 0 spiro atoms. The topological polar surface area (TPSA) is 65.5 Å². The normalized spacial score (nSPS) is 20.0. The molecule has 3 N–H and O–H groups in total. The van der Waals surface area contributed by atoms with Crippen molar-refractivity contribution in [2.75, 3.05) is 20.6 Å². The highest BCUT2D eigenvalue weighted by Gasteiger charge is 2.18. The monoisotopic (exact) mass is 472 g/mol. The number of nitrogens with zero attached hydrogens (tertiary/aromatic N) is 1. The van der Waals surface area contributed by atoms with Gasteiger partial charge in [0.15, 0.2) is 5.96 Å². The van der Waals surface area contributed by atoms with Gasteiger partial charge in [0.05, 0.1) is 0 Å². The number of aliphatic imine (C=N–C) groups is 1. The number of hydrogen-bond donors (Lipinski definition) is 3. The highest BCUT2D eigenvalue weighted by molar-refractivity contribution is 14.0. The van der Waals surface area contributed by atoms with Crippen LogP contribution in [0.15, 0.2) is 29.3 Å². The van der Waals surface area contributed by atoms with E-state index < -0.39 is 0 Å². The van der Waals surface area contributed by atoms with Crippen molar-refractivity contribution in [1.29, 1.82) is 0 Å². The lowest BCUT2D eigenvalue weighted by Crippen LogP contribution is -2.38. The van der Waals surface area contributed by atoms with Crippen molar-refractivity contribution in [3.8, 4) is 0 Å². The van der Waals surface area contributed by atoms with E-state index >= 15 is 0 Å². The van der Waals surface area contributed by atoms with Gasteiger partial charge >= 0.3 is 0 Å². The van der Waals surface area contributed by atoms with Gasteiger partial charge in [0.2, 0.25) is 0 Å². The van der Waals surface area contributed by atoms with Crippen LogP contribution in [0.3, 0.4) is 0 Å². The Bertz CT molecular complexity index is 574. The van der Waals surface area contributed by atoms with Gasteiger partial charge in [-0.1, -0.05) is 38.3 Å². The third-order valence-corrected chi connectivity index (χ3v) is 5.02. The Labute approximate surface area is 174 Å². The molecule has 1 aliphatic carbocycles. The smallest absolute Gasteiger partial charge is 0.251 e. The van der Waals surface area contributed by atoms with Gasteiger partial charge in [0.1, 0.15) is 0 Å². The van der Waals surface area contributed by atoms with Crippen LogP contribution in [0.5, 0.6) is 0 Å². The first-order chi connectivity index (χ1) is 12.1. The van der Waals surface area contributed by atoms with Gasteiger partial charge in [0.25, 0.3) is 5.91 Å². The van der Waals surface area contributed by atoms with E-state index in [1.165, 1.54) is 32.1 Å². The Balaban J connectivity index is 0.00000338. The number of carbonyl (C=O) groups is 1. The molecule has 0 heterocycles. The first-order valence-electron chi connectivity index (χ1n) is 9.38. The second-order valence-electron chi connectivity index (χ2n) is 7.06. The minimum absolute atomic E-state index is 0. The zero-order valence-corrected chi connectivity index (χ0v) is 18.5. The van der Waals surface area contributed by atoms with Crippen LogP contribution in [0, 0.1) is 11.8 Å². The number of guanidine groups is 1. The molecule has 1 aromatic rings. The molecule has 6 heteroatoms. The van der Waals surface area contributed by atoms with E-state index in [1.54, 1.807) is 14.1 Å². The van der Waals surface area contributed by atoms with Crippen LogP contribution in [0.4, 0.5) is 0 Å². The van der Waals surface area contributed by atoms with E-state index in [0.717, 1.165) is 29.9 Å². The van der Waals surface area contributed by atoms with Gasteiger partial charge < -0.3 is 16.0 Å². The summed E-state index contributed by atoms with van der Waals surface area (Å²) in [6.07, 6.45) is 6.73. The Morgan fingerprint density at radius 2 is 1.92 bits per heavy atom. The first kappa shape index (κ1) is 22.7. The summed E-state index contributed by atoms with van der Waals surface area (Å²) < 4.78 is 0. The summed E-state index contributed by atoms with van der Waals surface area (Å²) in [4.78, 5) is 15.8. The molecule has 2 atom stereocenters. The zero-order valence-electron chi connectivity index (χ0n) is 16.2. The van der Waals surface area contributed by atoms with Crippen molar-refractivity contribution >= 4 is 35.8 Å². The van der Waals surface area contributed by atoms with Gasteiger partial charge in [-0.25, -0.2) is 0 Å². The molecule has 0 aliphatic heterocycles. The standard InChI is InChI=1S/C20H32N4O.HI/c1-15-5-4-6-16(13-15)11-12-23-20(22-3)24-14-17-7-9-18(10-8-17)19(25)21-2;/h7-10,15-16H,4-6,11-14H2,1-3H3,(H,21,25)(H2,22,23,24);1H. The molecule has 1 aliphatic rings. The number of carbonyl (C=O) groups excluding carboxylic acids is 1. The van der Waals surface area contributed by atoms with E-state index in [0.29, 0.717) is 12.1 Å². The van der Waals surface area contributed by atoms with Crippen molar-refractivity contribution in [1.82, 2.24) is 16.0 Å². The summed E-state index contributed by atoms with van der Waals surface area (Å²) in [6, 6.07) is 7.62. The second-order valence-corrected chi connectivity index (χ2v) is 7.06. The van der Waals surface area contributed by atoms with Crippen molar-refractivity contribution < 1.29 is 4.79 Å². The van der Waals surface area contributed by atoms with Crippen molar-refractivity contribution in [2.45, 2.75) is 45.6 Å². The minimum atomic E-state index is -0.0611. The maximum absolute atomic E-state index is 11.6. The second kappa shape index (κ2) is 12.1. The molecule has 2 rings (SSSR count). The molecule has 1 aromatic carbocycles. The summed E-state index contributed by atoms with van der Waals surface area (Å²) in [5, 5.41) is 9.38. The summed E-state index contributed by atoms with van der Waals surface area (Å²) >= 11 is 0. The number of benzene rings is 1. The van der Waals surface area contributed by atoms with E-state index in [4.69, 9.17) is 0 Å². The highest BCUT2D eigenvalue weighted by Crippen LogP contribution is 2.30. The highest BCUT2D eigenvalue weighted by atomic mass is 127. The van der Waals surface area contributed by atoms with E-state index in [1.807, 2.05) is 24.3 Å². The molecular weight excluding hydrogens is 439 g/mol. The van der Waals surface area contributed by atoms with Gasteiger partial charge in [-0.15, -0.1) is 24.0 Å². The summed E-state index contributed by atoms with van der Waals surface area (Å²) in [5.41, 5.74) is 1.80. The van der Waals surface area contributed by atoms with Gasteiger partial charge in [0, 0.05) is 32.7 Å². The third kappa shape index (κ3) is 7.51. The number of halogens is 1. The van der Waals surface area contributed by atoms with Crippen LogP contribution in [-0.2, 0) is 6.54 Å². The third-order valence-electron chi connectivity index (χ3n) is 5.02. The maximum Gasteiger partial charge on any atom is 0.251 e. The molecule has 0 saturated heterocycles. The Kier molecular flexibility index (Phi) is 10.6. The number of hydrogen-bond acceptors (Lipinski definition) is 2. The van der Waals surface area contributed by atoms with E-state index in [-0.39, 0.29) is 29.9 Å². The van der Waals surface area contributed by atoms with Crippen LogP contribution in [0.1, 0.15) is 54.9 Å². The Morgan fingerprint density at radius 3 is 2.54 bits per heavy atom. The fraction of sp³-hybridized carbons (Fsp3) is 0.600. The minimum Gasteiger partial charge on any atom is -0.356 e. The van der Waals surface area contributed by atoms with E-state index in [2.05, 4.69) is 27.9 Å². The molecule has 146 valence electrons. The first-order valence-corrected chi connectivity index (χ1v) is 9.38. The molecule has 0 aromatic heterocycles. The molecule has 1 fully saturated rings. The van der Waals surface area contributed by atoms with Gasteiger partial charge in [-0.3, -0.25) is 9.79 Å². The van der Waals surface area contributed by atoms with Crippen molar-refractivity contribution in [3.63, 3.8) is 0 Å². The lowest BCUT2D eigenvalue weighted by atomic mass is 9.81. The SMILES string of the molecule is CN=C(NCCC1CCCC(C)C1)NCc1ccc(C(=O)NC)cc1.I. The van der Waals surface area contributed by atoms with Crippen LogP contribution in [0.2, 0.25) is 0 Å². The average molecular weight is 472 g/mol. The number of nitrogens with one attached hydrogen (secondary N) is 3. The van der Waals surface area contributed by atoms with Crippen LogP contribution < -0.4 is 16.0 Å². The molecule has 1 amide bonds. The predicted molar refractivity (Wildman–Crippen MR) is 119 cm³/mol. The fourth-order valence-electron chi connectivity index (χ4n) is 3.54. The molecule has 5 nitrogen and oxygen atoms in total. The average Bonchev–Trinajstić information content (AvgIpc) is 2.64. The number of amides is 1. The maximum atomic E-state index is 11.6. The lowest BCUT2D eigenvalue weighted by molar-refractivity contribution is 0.0963. The fourth-order valence-corrected chi connectivity index (χ4v) is 3.54. The molecule has 2 unspecified atom stereocenters. The molecule has 0 bridgehead atoms. The van der Waals surface area contributed by atoms with E-state index in [9.17, 15) is 4.79 Å². The molecule has 1 saturated carbocycles. The van der Waals surface area contributed by atoms with Crippen LogP contribution >= 0.6 is 24.0 Å².